The lowest BCUT2D eigenvalue weighted by Gasteiger charge is -2.30. The van der Waals surface area contributed by atoms with Crippen LogP contribution in [0.4, 0.5) is 22.9 Å². The van der Waals surface area contributed by atoms with Crippen molar-refractivity contribution in [3.05, 3.63) is 107 Å². The summed E-state index contributed by atoms with van der Waals surface area (Å²) in [6, 6.07) is 26.9. The summed E-state index contributed by atoms with van der Waals surface area (Å²) >= 11 is 0. The number of aryl methyl sites for hydroxylation is 4. The largest absolute Gasteiger partial charge is 0.543 e. The fraction of sp³-hybridized carbons (Fsp3) is 0.303. The van der Waals surface area contributed by atoms with E-state index in [0.29, 0.717) is 11.8 Å². The van der Waals surface area contributed by atoms with Crippen LogP contribution in [0, 0.1) is 20.8 Å². The van der Waals surface area contributed by atoms with Gasteiger partial charge in [0.15, 0.2) is 0 Å². The van der Waals surface area contributed by atoms with Crippen LogP contribution in [0.15, 0.2) is 79.0 Å². The summed E-state index contributed by atoms with van der Waals surface area (Å²) in [6.07, 6.45) is 2.27. The smallest absolute Gasteiger partial charge is 0.336 e. The molecule has 0 N–H and O–H groups in total. The van der Waals surface area contributed by atoms with E-state index in [9.17, 15) is 0 Å². The molecule has 0 aliphatic carbocycles. The summed E-state index contributed by atoms with van der Waals surface area (Å²) in [4.78, 5) is 5.15. The zero-order valence-corrected chi connectivity index (χ0v) is 23.6. The third-order valence-electron chi connectivity index (χ3n) is 7.88. The van der Waals surface area contributed by atoms with Gasteiger partial charge in [0.1, 0.15) is 5.69 Å². The molecule has 4 heteroatoms. The Kier molecular flexibility index (Phi) is 6.62. The zero-order chi connectivity index (χ0) is 26.4. The molecule has 0 unspecified atom stereocenters. The molecule has 0 atom stereocenters. The Balaban J connectivity index is 1.92. The quantitative estimate of drug-likeness (QED) is 0.215. The van der Waals surface area contributed by atoms with Crippen LogP contribution in [-0.4, -0.2) is 6.98 Å². The first kappa shape index (κ1) is 25.1. The maximum atomic E-state index is 2.59. The van der Waals surface area contributed by atoms with Gasteiger partial charge >= 0.3 is 6.98 Å². The monoisotopic (exact) mass is 488 g/mol. The van der Waals surface area contributed by atoms with Crippen LogP contribution in [0.2, 0.25) is 0 Å². The molecule has 1 aromatic heterocycles. The predicted octanol–water partition coefficient (Wildman–Crippen LogP) is 7.37. The van der Waals surface area contributed by atoms with Gasteiger partial charge in [-0.15, -0.1) is 0 Å². The average Bonchev–Trinajstić information content (AvgIpc) is 3.22. The van der Waals surface area contributed by atoms with Gasteiger partial charge in [-0.25, -0.2) is 4.57 Å². The Bertz CT molecular complexity index is 1420. The molecule has 37 heavy (non-hydrogen) atoms. The Labute approximate surface area is 223 Å². The van der Waals surface area contributed by atoms with Crippen molar-refractivity contribution in [3.63, 3.8) is 0 Å². The van der Waals surface area contributed by atoms with E-state index in [0.717, 1.165) is 0 Å². The van der Waals surface area contributed by atoms with Crippen LogP contribution in [-0.2, 0) is 7.05 Å². The van der Waals surface area contributed by atoms with Gasteiger partial charge in [0.25, 0.3) is 5.82 Å². The summed E-state index contributed by atoms with van der Waals surface area (Å²) in [5.41, 5.74) is 11.9. The van der Waals surface area contributed by atoms with E-state index in [-0.39, 0.29) is 6.98 Å². The Hall–Kier alpha value is -3.53. The maximum absolute atomic E-state index is 2.59. The number of pyridine rings is 1. The molecular formula is C33H39BN3+. The van der Waals surface area contributed by atoms with Crippen molar-refractivity contribution in [2.24, 2.45) is 7.05 Å². The third-order valence-corrected chi connectivity index (χ3v) is 7.88. The van der Waals surface area contributed by atoms with Crippen molar-refractivity contribution in [3.8, 4) is 0 Å². The number of rotatable bonds is 5. The van der Waals surface area contributed by atoms with Crippen molar-refractivity contribution in [1.82, 2.24) is 0 Å². The highest BCUT2D eigenvalue weighted by atomic mass is 15.3. The molecular weight excluding hydrogens is 449 g/mol. The summed E-state index contributed by atoms with van der Waals surface area (Å²) < 4.78 is 2.30. The highest BCUT2D eigenvalue weighted by molar-refractivity contribution is 6.85. The molecule has 0 bridgehead atoms. The van der Waals surface area contributed by atoms with Crippen molar-refractivity contribution < 1.29 is 4.57 Å². The number of benzene rings is 3. The molecule has 0 saturated carbocycles. The van der Waals surface area contributed by atoms with E-state index < -0.39 is 0 Å². The van der Waals surface area contributed by atoms with E-state index in [2.05, 4.69) is 149 Å². The predicted molar refractivity (Wildman–Crippen MR) is 159 cm³/mol. The van der Waals surface area contributed by atoms with E-state index in [1.54, 1.807) is 0 Å². The number of hydrogen-bond acceptors (Lipinski definition) is 2. The van der Waals surface area contributed by atoms with Crippen LogP contribution in [0.1, 0.15) is 67.3 Å². The third kappa shape index (κ3) is 4.23. The zero-order valence-electron chi connectivity index (χ0n) is 23.6. The van der Waals surface area contributed by atoms with Gasteiger partial charge in [0.2, 0.25) is 0 Å². The molecule has 0 spiro atoms. The number of aromatic nitrogens is 1. The van der Waals surface area contributed by atoms with Crippen molar-refractivity contribution in [1.29, 1.82) is 0 Å². The molecule has 0 saturated heterocycles. The summed E-state index contributed by atoms with van der Waals surface area (Å²) in [7, 11) is 2.18. The SMILES string of the molecule is Cc1cc(N2B(c3c(C(C)C)cccc3C(C)C)N(c3ccccc3)c3cccc(C)c32)[n+](C)cc1C. The number of hydrogen-bond donors (Lipinski definition) is 0. The standard InChI is InChI=1S/C33H39BN3/c1-22(2)28-17-13-18-29(23(3)4)32(28)34-36(27-15-10-9-11-16-27)30-19-12-14-24(5)33(30)37(34)31-20-25(6)26(7)21-35(31)8/h9-23H,1-8H3/q+1. The molecule has 4 aromatic rings. The van der Waals surface area contributed by atoms with Crippen LogP contribution in [0.25, 0.3) is 0 Å². The fourth-order valence-electron chi connectivity index (χ4n) is 5.90. The molecule has 2 heterocycles. The fourth-order valence-corrected chi connectivity index (χ4v) is 5.90. The van der Waals surface area contributed by atoms with Crippen LogP contribution in [0.3, 0.4) is 0 Å². The lowest BCUT2D eigenvalue weighted by molar-refractivity contribution is -0.658. The van der Waals surface area contributed by atoms with Crippen molar-refractivity contribution in [2.75, 3.05) is 9.62 Å². The number of fused-ring (bicyclic) bond motifs is 1. The van der Waals surface area contributed by atoms with E-state index in [1.165, 1.54) is 56.2 Å². The van der Waals surface area contributed by atoms with Gasteiger partial charge < -0.3 is 4.81 Å². The van der Waals surface area contributed by atoms with Crippen molar-refractivity contribution >= 4 is 35.3 Å². The van der Waals surface area contributed by atoms with Crippen molar-refractivity contribution in [2.45, 2.75) is 60.3 Å². The first-order valence-electron chi connectivity index (χ1n) is 13.5. The Morgan fingerprint density at radius 2 is 1.30 bits per heavy atom. The minimum absolute atomic E-state index is 0.0113. The molecule has 1 aliphatic heterocycles. The van der Waals surface area contributed by atoms with E-state index in [4.69, 9.17) is 0 Å². The van der Waals surface area contributed by atoms with Gasteiger partial charge in [0, 0.05) is 17.2 Å². The molecule has 5 rings (SSSR count). The Morgan fingerprint density at radius 1 is 0.676 bits per heavy atom. The molecule has 0 fully saturated rings. The topological polar surface area (TPSA) is 10.4 Å². The minimum atomic E-state index is -0.0113. The molecule has 0 radical (unpaired) electrons. The second-order valence-corrected chi connectivity index (χ2v) is 11.2. The van der Waals surface area contributed by atoms with E-state index >= 15 is 0 Å². The van der Waals surface area contributed by atoms with Gasteiger partial charge in [-0.1, -0.05) is 76.2 Å². The summed E-state index contributed by atoms with van der Waals surface area (Å²) in [5.74, 6) is 2.02. The second-order valence-electron chi connectivity index (χ2n) is 11.2. The van der Waals surface area contributed by atoms with Crippen LogP contribution >= 0.6 is 0 Å². The highest BCUT2D eigenvalue weighted by Crippen LogP contribution is 2.48. The average molecular weight is 489 g/mol. The highest BCUT2D eigenvalue weighted by Gasteiger charge is 2.53. The van der Waals surface area contributed by atoms with Gasteiger partial charge in [-0.2, -0.15) is 0 Å². The van der Waals surface area contributed by atoms with E-state index in [1.807, 2.05) is 0 Å². The minimum Gasteiger partial charge on any atom is -0.336 e. The first-order valence-corrected chi connectivity index (χ1v) is 13.5. The molecule has 0 amide bonds. The van der Waals surface area contributed by atoms with Gasteiger partial charge in [-0.3, -0.25) is 4.81 Å². The maximum Gasteiger partial charge on any atom is 0.543 e. The van der Waals surface area contributed by atoms with Crippen LogP contribution in [0.5, 0.6) is 0 Å². The number of anilines is 4. The number of nitrogens with zero attached hydrogens (tertiary/aromatic N) is 3. The summed E-state index contributed by atoms with van der Waals surface area (Å²) in [5, 5.41) is 0. The normalized spacial score (nSPS) is 13.2. The Morgan fingerprint density at radius 3 is 1.92 bits per heavy atom. The lowest BCUT2D eigenvalue weighted by atomic mass is 9.58. The van der Waals surface area contributed by atoms with Gasteiger partial charge in [-0.05, 0) is 78.6 Å². The molecule has 3 aromatic carbocycles. The molecule has 3 nitrogen and oxygen atoms in total. The summed E-state index contributed by atoms with van der Waals surface area (Å²) in [6.45, 7) is 15.9. The van der Waals surface area contributed by atoms with Crippen LogP contribution < -0.4 is 19.7 Å². The second kappa shape index (κ2) is 9.74. The molecule has 1 aliphatic rings. The van der Waals surface area contributed by atoms with Gasteiger partial charge in [0.05, 0.1) is 18.9 Å². The lowest BCUT2D eigenvalue weighted by Crippen LogP contribution is -2.58. The first-order chi connectivity index (χ1) is 17.7. The molecule has 188 valence electrons. The number of para-hydroxylation sites is 2.